The number of primary sulfonamides is 1. The molecule has 0 aliphatic heterocycles. The Morgan fingerprint density at radius 3 is 2.44 bits per heavy atom. The molecule has 0 bridgehead atoms. The predicted octanol–water partition coefficient (Wildman–Crippen LogP) is 1.42. The molecule has 9 heteroatoms. The minimum absolute atomic E-state index is 0.0565. The lowest BCUT2D eigenvalue weighted by Gasteiger charge is -2.17. The first-order chi connectivity index (χ1) is 12.7. The summed E-state index contributed by atoms with van der Waals surface area (Å²) in [5.41, 5.74) is 1.32. The van der Waals surface area contributed by atoms with E-state index in [0.29, 0.717) is 23.7 Å². The third-order valence-electron chi connectivity index (χ3n) is 3.76. The molecule has 0 aromatic heterocycles. The van der Waals surface area contributed by atoms with Crippen molar-refractivity contribution in [3.05, 3.63) is 48.0 Å². The monoisotopic (exact) mass is 393 g/mol. The van der Waals surface area contributed by atoms with E-state index >= 15 is 0 Å². The molecule has 3 N–H and O–H groups in total. The summed E-state index contributed by atoms with van der Waals surface area (Å²) < 4.78 is 33.3. The highest BCUT2D eigenvalue weighted by molar-refractivity contribution is 7.89. The van der Waals surface area contributed by atoms with Gasteiger partial charge in [0.1, 0.15) is 0 Å². The van der Waals surface area contributed by atoms with Crippen LogP contribution >= 0.6 is 0 Å². The van der Waals surface area contributed by atoms with Gasteiger partial charge in [0.2, 0.25) is 15.9 Å². The second kappa shape index (κ2) is 8.85. The Morgan fingerprint density at radius 1 is 1.11 bits per heavy atom. The van der Waals surface area contributed by atoms with E-state index < -0.39 is 10.0 Å². The molecular weight excluding hydrogens is 370 g/mol. The summed E-state index contributed by atoms with van der Waals surface area (Å²) in [5.74, 6) is 0.980. The van der Waals surface area contributed by atoms with Crippen molar-refractivity contribution in [1.29, 1.82) is 0 Å². The molecule has 0 fully saturated rings. The number of benzene rings is 2. The SMILES string of the molecule is COc1ccc(CN(C)CC(=O)Nc2cccc(S(N)(=O)=O)c2)cc1OC. The topological polar surface area (TPSA) is 111 Å². The Kier molecular flexibility index (Phi) is 6.78. The number of methoxy groups -OCH3 is 2. The van der Waals surface area contributed by atoms with Gasteiger partial charge in [0, 0.05) is 12.2 Å². The second-order valence-electron chi connectivity index (χ2n) is 5.98. The molecule has 8 nitrogen and oxygen atoms in total. The fraction of sp³-hybridized carbons (Fsp3) is 0.278. The van der Waals surface area contributed by atoms with Crippen LogP contribution in [0.1, 0.15) is 5.56 Å². The molecule has 0 aliphatic rings. The Balaban J connectivity index is 1.98. The molecule has 0 radical (unpaired) electrons. The number of likely N-dealkylation sites (N-methyl/N-ethyl adjacent to an activating group) is 1. The van der Waals surface area contributed by atoms with Gasteiger partial charge >= 0.3 is 0 Å². The van der Waals surface area contributed by atoms with Crippen LogP contribution in [0.15, 0.2) is 47.4 Å². The average Bonchev–Trinajstić information content (AvgIpc) is 2.60. The number of nitrogens with two attached hydrogens (primary N) is 1. The third-order valence-corrected chi connectivity index (χ3v) is 4.67. The zero-order valence-corrected chi connectivity index (χ0v) is 16.2. The molecule has 1 amide bonds. The molecule has 27 heavy (non-hydrogen) atoms. The van der Waals surface area contributed by atoms with Crippen molar-refractivity contribution >= 4 is 21.6 Å². The molecule has 0 aliphatic carbocycles. The second-order valence-corrected chi connectivity index (χ2v) is 7.54. The highest BCUT2D eigenvalue weighted by Crippen LogP contribution is 2.27. The van der Waals surface area contributed by atoms with Gasteiger partial charge in [-0.3, -0.25) is 9.69 Å². The summed E-state index contributed by atoms with van der Waals surface area (Å²) >= 11 is 0. The zero-order chi connectivity index (χ0) is 20.0. The number of ether oxygens (including phenoxy) is 2. The maximum Gasteiger partial charge on any atom is 0.238 e. The Hall–Kier alpha value is -2.62. The largest absolute Gasteiger partial charge is 0.493 e. The van der Waals surface area contributed by atoms with Crippen LogP contribution in [-0.2, 0) is 21.4 Å². The Morgan fingerprint density at radius 2 is 1.81 bits per heavy atom. The lowest BCUT2D eigenvalue weighted by Crippen LogP contribution is -2.29. The number of sulfonamides is 1. The van der Waals surface area contributed by atoms with Crippen LogP contribution < -0.4 is 19.9 Å². The molecule has 0 unspecified atom stereocenters. The lowest BCUT2D eigenvalue weighted by molar-refractivity contribution is -0.117. The molecular formula is C18H23N3O5S. The van der Waals surface area contributed by atoms with Crippen LogP contribution in [0.3, 0.4) is 0 Å². The van der Waals surface area contributed by atoms with Gasteiger partial charge in [-0.2, -0.15) is 0 Å². The maximum atomic E-state index is 12.2. The molecule has 0 heterocycles. The number of carbonyl (C=O) groups is 1. The molecule has 2 rings (SSSR count). The molecule has 0 saturated heterocycles. The summed E-state index contributed by atoms with van der Waals surface area (Å²) in [5, 5.41) is 7.77. The van der Waals surface area contributed by atoms with Crippen molar-refractivity contribution in [3.63, 3.8) is 0 Å². The molecule has 0 saturated carbocycles. The quantitative estimate of drug-likeness (QED) is 0.702. The molecule has 146 valence electrons. The first-order valence-electron chi connectivity index (χ1n) is 8.05. The minimum Gasteiger partial charge on any atom is -0.493 e. The van der Waals surface area contributed by atoms with Crippen molar-refractivity contribution in [3.8, 4) is 11.5 Å². The van der Waals surface area contributed by atoms with Crippen LogP contribution in [-0.4, -0.2) is 47.0 Å². The smallest absolute Gasteiger partial charge is 0.238 e. The van der Waals surface area contributed by atoms with E-state index in [-0.39, 0.29) is 17.3 Å². The van der Waals surface area contributed by atoms with Crippen molar-refractivity contribution in [2.24, 2.45) is 5.14 Å². The van der Waals surface area contributed by atoms with E-state index in [1.165, 1.54) is 18.2 Å². The molecule has 0 atom stereocenters. The van der Waals surface area contributed by atoms with Gasteiger partial charge in [-0.1, -0.05) is 12.1 Å². The molecule has 0 spiro atoms. The number of hydrogen-bond donors (Lipinski definition) is 2. The summed E-state index contributed by atoms with van der Waals surface area (Å²) in [6, 6.07) is 11.4. The van der Waals surface area contributed by atoms with E-state index in [1.807, 2.05) is 17.0 Å². The third kappa shape index (κ3) is 5.95. The van der Waals surface area contributed by atoms with E-state index in [4.69, 9.17) is 14.6 Å². The first-order valence-corrected chi connectivity index (χ1v) is 9.59. The minimum atomic E-state index is -3.82. The summed E-state index contributed by atoms with van der Waals surface area (Å²) in [6.45, 7) is 0.638. The Bertz CT molecular complexity index is 915. The number of rotatable bonds is 8. The van der Waals surface area contributed by atoms with E-state index in [2.05, 4.69) is 5.32 Å². The van der Waals surface area contributed by atoms with Gasteiger partial charge < -0.3 is 14.8 Å². The molecule has 2 aromatic carbocycles. The number of nitrogens with zero attached hydrogens (tertiary/aromatic N) is 1. The zero-order valence-electron chi connectivity index (χ0n) is 15.4. The highest BCUT2D eigenvalue weighted by Gasteiger charge is 2.12. The number of amides is 1. The maximum absolute atomic E-state index is 12.2. The van der Waals surface area contributed by atoms with Crippen LogP contribution in [0.4, 0.5) is 5.69 Å². The van der Waals surface area contributed by atoms with Crippen LogP contribution in [0, 0.1) is 0 Å². The van der Waals surface area contributed by atoms with Gasteiger partial charge in [-0.25, -0.2) is 13.6 Å². The van der Waals surface area contributed by atoms with Crippen LogP contribution in [0.2, 0.25) is 0 Å². The number of nitrogens with one attached hydrogen (secondary N) is 1. The fourth-order valence-corrected chi connectivity index (χ4v) is 3.10. The van der Waals surface area contributed by atoms with Gasteiger partial charge in [0.25, 0.3) is 0 Å². The van der Waals surface area contributed by atoms with Gasteiger partial charge in [0.15, 0.2) is 11.5 Å². The van der Waals surface area contributed by atoms with E-state index in [9.17, 15) is 13.2 Å². The van der Waals surface area contributed by atoms with Crippen molar-refractivity contribution in [2.45, 2.75) is 11.4 Å². The summed E-state index contributed by atoms with van der Waals surface area (Å²) in [4.78, 5) is 14.0. The van der Waals surface area contributed by atoms with Gasteiger partial charge in [-0.05, 0) is 42.9 Å². The van der Waals surface area contributed by atoms with Crippen LogP contribution in [0.5, 0.6) is 11.5 Å². The van der Waals surface area contributed by atoms with Crippen molar-refractivity contribution < 1.29 is 22.7 Å². The standard InChI is InChI=1S/C18H23N3O5S/c1-21(11-13-7-8-16(25-2)17(9-13)26-3)12-18(22)20-14-5-4-6-15(10-14)27(19,23)24/h4-10H,11-12H2,1-3H3,(H,20,22)(H2,19,23,24). The van der Waals surface area contributed by atoms with E-state index in [1.54, 1.807) is 33.4 Å². The summed E-state index contributed by atoms with van der Waals surface area (Å²) in [6.07, 6.45) is 0. The lowest BCUT2D eigenvalue weighted by atomic mass is 10.2. The fourth-order valence-electron chi connectivity index (χ4n) is 2.54. The first kappa shape index (κ1) is 20.7. The van der Waals surface area contributed by atoms with Gasteiger partial charge in [-0.15, -0.1) is 0 Å². The Labute approximate surface area is 158 Å². The average molecular weight is 393 g/mol. The summed E-state index contributed by atoms with van der Waals surface area (Å²) in [7, 11) is 1.11. The van der Waals surface area contributed by atoms with Gasteiger partial charge in [0.05, 0.1) is 25.7 Å². The number of carbonyl (C=O) groups excluding carboxylic acids is 1. The van der Waals surface area contributed by atoms with E-state index in [0.717, 1.165) is 5.56 Å². The predicted molar refractivity (Wildman–Crippen MR) is 102 cm³/mol. The van der Waals surface area contributed by atoms with Crippen molar-refractivity contribution in [1.82, 2.24) is 4.90 Å². The normalized spacial score (nSPS) is 11.3. The van der Waals surface area contributed by atoms with Crippen LogP contribution in [0.25, 0.3) is 0 Å². The highest BCUT2D eigenvalue weighted by atomic mass is 32.2. The number of hydrogen-bond acceptors (Lipinski definition) is 6. The number of anilines is 1. The van der Waals surface area contributed by atoms with Crippen molar-refractivity contribution in [2.75, 3.05) is 33.1 Å². The molecule has 2 aromatic rings.